The molecule has 2 aliphatic heterocycles. The van der Waals surface area contributed by atoms with E-state index in [9.17, 15) is 20.4 Å². The van der Waals surface area contributed by atoms with Crippen LogP contribution < -0.4 is 18.9 Å². The highest BCUT2D eigenvalue weighted by molar-refractivity contribution is 5.70. The molecular weight excluding hydrogens is 648 g/mol. The number of hydrogen-bond donors (Lipinski definition) is 4. The van der Waals surface area contributed by atoms with Crippen LogP contribution >= 0.6 is 0 Å². The van der Waals surface area contributed by atoms with Gasteiger partial charge in [0.2, 0.25) is 0 Å². The van der Waals surface area contributed by atoms with Gasteiger partial charge in [0, 0.05) is 48.7 Å². The Morgan fingerprint density at radius 1 is 0.784 bits per heavy atom. The molecule has 0 unspecified atom stereocenters. The summed E-state index contributed by atoms with van der Waals surface area (Å²) in [4.78, 5) is 0. The molecule has 270 valence electrons. The van der Waals surface area contributed by atoms with Gasteiger partial charge in [0.1, 0.15) is 40.6 Å². The zero-order valence-corrected chi connectivity index (χ0v) is 29.3. The summed E-state index contributed by atoms with van der Waals surface area (Å²) in [6.07, 6.45) is 5.19. The molecule has 9 nitrogen and oxygen atoms in total. The van der Waals surface area contributed by atoms with Crippen LogP contribution in [-0.4, -0.2) is 60.1 Å². The largest absolute Gasteiger partial charge is 0.508 e. The number of rotatable bonds is 11. The minimum atomic E-state index is -0.992. The van der Waals surface area contributed by atoms with Crippen LogP contribution in [0.2, 0.25) is 0 Å². The van der Waals surface area contributed by atoms with E-state index >= 15 is 0 Å². The van der Waals surface area contributed by atoms with E-state index in [2.05, 4.69) is 0 Å². The van der Waals surface area contributed by atoms with Crippen molar-refractivity contribution in [3.8, 4) is 45.6 Å². The first-order valence-corrected chi connectivity index (χ1v) is 18.1. The number of benzene rings is 4. The highest BCUT2D eigenvalue weighted by Crippen LogP contribution is 2.51. The molecule has 1 fully saturated rings. The number of phenols is 2. The van der Waals surface area contributed by atoms with Gasteiger partial charge in [0.25, 0.3) is 0 Å². The summed E-state index contributed by atoms with van der Waals surface area (Å²) in [5, 5.41) is 45.0. The van der Waals surface area contributed by atoms with Crippen molar-refractivity contribution in [1.29, 1.82) is 0 Å². The maximum absolute atomic E-state index is 12.2. The predicted octanol–water partition coefficient (Wildman–Crippen LogP) is 7.66. The molecule has 5 atom stereocenters. The summed E-state index contributed by atoms with van der Waals surface area (Å²) in [6, 6.07) is 21.6. The van der Waals surface area contributed by atoms with Gasteiger partial charge in [0.05, 0.1) is 32.0 Å². The maximum atomic E-state index is 12.2. The van der Waals surface area contributed by atoms with Crippen molar-refractivity contribution in [1.82, 2.24) is 0 Å². The first kappa shape index (κ1) is 35.0. The van der Waals surface area contributed by atoms with Crippen molar-refractivity contribution in [3.05, 3.63) is 95.1 Å². The minimum Gasteiger partial charge on any atom is -0.508 e. The second-order valence-corrected chi connectivity index (χ2v) is 14.1. The third kappa shape index (κ3) is 7.47. The van der Waals surface area contributed by atoms with E-state index in [0.29, 0.717) is 47.8 Å². The third-order valence-electron chi connectivity index (χ3n) is 10.7. The van der Waals surface area contributed by atoms with Gasteiger partial charge >= 0.3 is 0 Å². The molecular formula is C42H48O9. The van der Waals surface area contributed by atoms with Gasteiger partial charge in [0.15, 0.2) is 0 Å². The van der Waals surface area contributed by atoms with Crippen molar-refractivity contribution in [2.75, 3.05) is 27.4 Å². The second kappa shape index (κ2) is 15.4. The Hall–Kier alpha value is -4.44. The SMILES string of the molecule is COCCC[C@@H]1Oc2ccc(OC3CCCCC3)cc2[C@H](O)[C@@H]1[C@@H]1COc2c(Cc3cc(O)ccc3-c3cccc(O)c3)cc(OC)cc2[C@H]1O. The summed E-state index contributed by atoms with van der Waals surface area (Å²) < 4.78 is 30.6. The highest BCUT2D eigenvalue weighted by atomic mass is 16.5. The first-order chi connectivity index (χ1) is 24.8. The van der Waals surface area contributed by atoms with Crippen LogP contribution in [0.4, 0.5) is 0 Å². The van der Waals surface area contributed by atoms with Gasteiger partial charge in [-0.1, -0.05) is 24.6 Å². The Morgan fingerprint density at radius 2 is 1.59 bits per heavy atom. The Bertz CT molecular complexity index is 1820. The quantitative estimate of drug-likeness (QED) is 0.117. The van der Waals surface area contributed by atoms with E-state index in [1.807, 2.05) is 36.4 Å². The van der Waals surface area contributed by atoms with Gasteiger partial charge < -0.3 is 44.1 Å². The van der Waals surface area contributed by atoms with Crippen molar-refractivity contribution in [2.24, 2.45) is 11.8 Å². The van der Waals surface area contributed by atoms with Crippen molar-refractivity contribution in [3.63, 3.8) is 0 Å². The highest BCUT2D eigenvalue weighted by Gasteiger charge is 2.47. The summed E-state index contributed by atoms with van der Waals surface area (Å²) in [7, 11) is 3.25. The van der Waals surface area contributed by atoms with Crippen LogP contribution in [0.5, 0.6) is 34.5 Å². The Kier molecular flexibility index (Phi) is 10.6. The van der Waals surface area contributed by atoms with Crippen molar-refractivity contribution >= 4 is 0 Å². The normalized spacial score (nSPS) is 23.0. The van der Waals surface area contributed by atoms with Gasteiger partial charge in [-0.2, -0.15) is 0 Å². The molecule has 4 aromatic carbocycles. The summed E-state index contributed by atoms with van der Waals surface area (Å²) in [6.45, 7) is 0.711. The topological polar surface area (TPSA) is 127 Å². The van der Waals surface area contributed by atoms with E-state index in [-0.39, 0.29) is 30.3 Å². The molecule has 0 spiro atoms. The monoisotopic (exact) mass is 696 g/mol. The summed E-state index contributed by atoms with van der Waals surface area (Å²) >= 11 is 0. The van der Waals surface area contributed by atoms with E-state index in [0.717, 1.165) is 60.1 Å². The van der Waals surface area contributed by atoms with Gasteiger partial charge in [-0.3, -0.25) is 0 Å². The van der Waals surface area contributed by atoms with Crippen LogP contribution in [0.1, 0.15) is 79.4 Å². The maximum Gasteiger partial charge on any atom is 0.128 e. The van der Waals surface area contributed by atoms with E-state index in [4.69, 9.17) is 23.7 Å². The Balaban J connectivity index is 1.21. The molecule has 0 aromatic heterocycles. The van der Waals surface area contributed by atoms with Crippen LogP contribution in [0.25, 0.3) is 11.1 Å². The average Bonchev–Trinajstić information content (AvgIpc) is 3.13. The molecule has 0 bridgehead atoms. The van der Waals surface area contributed by atoms with Crippen molar-refractivity contribution < 1.29 is 44.1 Å². The number of hydrogen-bond acceptors (Lipinski definition) is 9. The molecule has 0 amide bonds. The van der Waals surface area contributed by atoms with E-state index in [1.54, 1.807) is 50.6 Å². The van der Waals surface area contributed by atoms with Crippen LogP contribution in [0.15, 0.2) is 72.8 Å². The first-order valence-electron chi connectivity index (χ1n) is 18.1. The number of methoxy groups -OCH3 is 2. The van der Waals surface area contributed by atoms with Gasteiger partial charge in [-0.05, 0) is 110 Å². The molecule has 1 aliphatic carbocycles. The summed E-state index contributed by atoms with van der Waals surface area (Å²) in [5.74, 6) is 1.73. The molecule has 0 saturated heterocycles. The van der Waals surface area contributed by atoms with E-state index in [1.165, 1.54) is 6.42 Å². The van der Waals surface area contributed by atoms with Gasteiger partial charge in [-0.25, -0.2) is 0 Å². The number of aliphatic hydroxyl groups excluding tert-OH is 2. The Morgan fingerprint density at radius 3 is 2.37 bits per heavy atom. The molecule has 4 aromatic rings. The lowest BCUT2D eigenvalue weighted by Gasteiger charge is -2.45. The molecule has 3 aliphatic rings. The number of fused-ring (bicyclic) bond motifs is 2. The minimum absolute atomic E-state index is 0.116. The number of ether oxygens (including phenoxy) is 5. The smallest absolute Gasteiger partial charge is 0.128 e. The lowest BCUT2D eigenvalue weighted by atomic mass is 9.72. The van der Waals surface area contributed by atoms with Gasteiger partial charge in [-0.15, -0.1) is 0 Å². The number of phenolic OH excluding ortho intramolecular Hbond substituents is 2. The lowest BCUT2D eigenvalue weighted by molar-refractivity contribution is -0.0890. The standard InChI is InChI=1S/C42H48O9/c1-47-17-7-12-38-39(41(46)34-22-31(14-16-37(34)51-38)50-30-10-4-3-5-11-30)36-24-49-42-27(21-32(48-2)23-35(42)40(36)45)18-26-20-29(44)13-15-33(26)25-8-6-9-28(43)19-25/h6,8-9,13-16,19-23,30,36,38-41,43-46H,3-5,7,10-12,17-18,24H2,1-2H3/t36-,38-,39+,40+,41-/m0/s1. The third-order valence-corrected chi connectivity index (χ3v) is 10.7. The fourth-order valence-corrected chi connectivity index (χ4v) is 8.19. The van der Waals surface area contributed by atoms with Crippen molar-refractivity contribution in [2.45, 2.75) is 75.8 Å². The molecule has 51 heavy (non-hydrogen) atoms. The Labute approximate surface area is 299 Å². The number of aliphatic hydroxyl groups is 2. The zero-order chi connectivity index (χ0) is 35.5. The molecule has 7 rings (SSSR count). The molecule has 1 saturated carbocycles. The molecule has 2 heterocycles. The summed E-state index contributed by atoms with van der Waals surface area (Å²) in [5.41, 5.74) is 4.48. The van der Waals surface area contributed by atoms with E-state index < -0.39 is 24.0 Å². The van der Waals surface area contributed by atoms with Crippen LogP contribution in [0.3, 0.4) is 0 Å². The van der Waals surface area contributed by atoms with Crippen LogP contribution in [0, 0.1) is 11.8 Å². The molecule has 4 N–H and O–H groups in total. The average molecular weight is 697 g/mol. The lowest BCUT2D eigenvalue weighted by Crippen LogP contribution is -2.46. The number of aromatic hydroxyl groups is 2. The molecule has 0 radical (unpaired) electrons. The fourth-order valence-electron chi connectivity index (χ4n) is 8.19. The zero-order valence-electron chi connectivity index (χ0n) is 29.3. The van der Waals surface area contributed by atoms with Crippen LogP contribution in [-0.2, 0) is 11.2 Å². The fraction of sp³-hybridized carbons (Fsp3) is 0.429. The predicted molar refractivity (Wildman–Crippen MR) is 193 cm³/mol. The molecule has 9 heteroatoms. The second-order valence-electron chi connectivity index (χ2n) is 14.1.